The fraction of sp³-hybridized carbons (Fsp3) is 0.375. The highest BCUT2D eigenvalue weighted by Gasteiger charge is 2.39. The molecule has 0 unspecified atom stereocenters. The van der Waals surface area contributed by atoms with Crippen LogP contribution in [-0.4, -0.2) is 42.5 Å². The van der Waals surface area contributed by atoms with Crippen LogP contribution >= 0.6 is 15.9 Å². The van der Waals surface area contributed by atoms with Crippen LogP contribution in [0.25, 0.3) is 0 Å². The van der Waals surface area contributed by atoms with Gasteiger partial charge in [0.25, 0.3) is 0 Å². The summed E-state index contributed by atoms with van der Waals surface area (Å²) in [6, 6.07) is 6.94. The van der Waals surface area contributed by atoms with E-state index in [9.17, 15) is 9.59 Å². The fourth-order valence-corrected chi connectivity index (χ4v) is 3.09. The molecular formula is C16H19BrN2O3. The predicted molar refractivity (Wildman–Crippen MR) is 87.1 cm³/mol. The van der Waals surface area contributed by atoms with Crippen LogP contribution in [-0.2, 0) is 9.53 Å². The zero-order valence-corrected chi connectivity index (χ0v) is 14.7. The predicted octanol–water partition coefficient (Wildman–Crippen LogP) is 3.32. The van der Waals surface area contributed by atoms with Gasteiger partial charge in [-0.3, -0.25) is 0 Å². The molecule has 1 heterocycles. The van der Waals surface area contributed by atoms with Crippen molar-refractivity contribution in [2.45, 2.75) is 19.9 Å². The topological polar surface area (TPSA) is 49.9 Å². The standard InChI is InChI=1S/C16H19BrN2O3/c1-5-22-15(20)13-10(2)18(3)16(21)19(4)14(13)11-8-6-7-9-12(11)17/h6-9,14H,5H2,1-4H3/t14-/m0/s1. The van der Waals surface area contributed by atoms with E-state index in [1.165, 1.54) is 4.90 Å². The number of amides is 2. The summed E-state index contributed by atoms with van der Waals surface area (Å²) in [5.74, 6) is -0.396. The third kappa shape index (κ3) is 2.75. The molecule has 22 heavy (non-hydrogen) atoms. The molecule has 0 spiro atoms. The van der Waals surface area contributed by atoms with Crippen molar-refractivity contribution >= 4 is 27.9 Å². The molecule has 1 aliphatic rings. The maximum Gasteiger partial charge on any atom is 0.338 e. The number of carbonyl (C=O) groups excluding carboxylic acids is 2. The zero-order valence-electron chi connectivity index (χ0n) is 13.1. The summed E-state index contributed by atoms with van der Waals surface area (Å²) in [4.78, 5) is 27.9. The number of carbonyl (C=O) groups is 2. The largest absolute Gasteiger partial charge is 0.463 e. The van der Waals surface area contributed by atoms with Crippen molar-refractivity contribution in [2.24, 2.45) is 0 Å². The van der Waals surface area contributed by atoms with E-state index in [-0.39, 0.29) is 6.03 Å². The highest BCUT2D eigenvalue weighted by atomic mass is 79.9. The second kappa shape index (κ2) is 6.52. The third-order valence-corrected chi connectivity index (χ3v) is 4.56. The SMILES string of the molecule is CCOC(=O)C1=C(C)N(C)C(=O)N(C)[C@H]1c1ccccc1Br. The Bertz CT molecular complexity index is 642. The molecule has 6 heteroatoms. The van der Waals surface area contributed by atoms with E-state index < -0.39 is 12.0 Å². The van der Waals surface area contributed by atoms with Crippen LogP contribution in [0.1, 0.15) is 25.5 Å². The number of esters is 1. The molecule has 1 aliphatic heterocycles. The monoisotopic (exact) mass is 366 g/mol. The Kier molecular flexibility index (Phi) is 4.90. The van der Waals surface area contributed by atoms with E-state index in [0.29, 0.717) is 17.9 Å². The summed E-state index contributed by atoms with van der Waals surface area (Å²) in [5, 5.41) is 0. The molecule has 0 radical (unpaired) electrons. The van der Waals surface area contributed by atoms with Crippen molar-refractivity contribution in [3.05, 3.63) is 45.6 Å². The molecule has 0 aliphatic carbocycles. The number of ether oxygens (including phenoxy) is 1. The van der Waals surface area contributed by atoms with Crippen LogP contribution in [0.3, 0.4) is 0 Å². The molecule has 0 N–H and O–H groups in total. The first kappa shape index (κ1) is 16.5. The van der Waals surface area contributed by atoms with Gasteiger partial charge in [-0.15, -0.1) is 0 Å². The maximum absolute atomic E-state index is 12.4. The van der Waals surface area contributed by atoms with Crippen LogP contribution < -0.4 is 0 Å². The lowest BCUT2D eigenvalue weighted by atomic mass is 9.94. The van der Waals surface area contributed by atoms with E-state index in [0.717, 1.165) is 10.0 Å². The maximum atomic E-state index is 12.4. The van der Waals surface area contributed by atoms with E-state index in [2.05, 4.69) is 15.9 Å². The van der Waals surface area contributed by atoms with Gasteiger partial charge in [-0.25, -0.2) is 9.59 Å². The van der Waals surface area contributed by atoms with Gasteiger partial charge in [0.1, 0.15) is 0 Å². The number of benzene rings is 1. The van der Waals surface area contributed by atoms with E-state index in [4.69, 9.17) is 4.74 Å². The number of likely N-dealkylation sites (N-methyl/N-ethyl adjacent to an activating group) is 1. The van der Waals surface area contributed by atoms with E-state index in [1.807, 2.05) is 24.3 Å². The smallest absolute Gasteiger partial charge is 0.338 e. The molecule has 2 rings (SSSR count). The molecular weight excluding hydrogens is 348 g/mol. The Morgan fingerprint density at radius 1 is 1.32 bits per heavy atom. The highest BCUT2D eigenvalue weighted by molar-refractivity contribution is 9.10. The van der Waals surface area contributed by atoms with Gasteiger partial charge in [-0.2, -0.15) is 0 Å². The minimum Gasteiger partial charge on any atom is -0.463 e. The van der Waals surface area contributed by atoms with Crippen molar-refractivity contribution in [3.63, 3.8) is 0 Å². The summed E-state index contributed by atoms with van der Waals surface area (Å²) < 4.78 is 6.04. The summed E-state index contributed by atoms with van der Waals surface area (Å²) >= 11 is 3.50. The van der Waals surface area contributed by atoms with Gasteiger partial charge in [0.15, 0.2) is 0 Å². The number of nitrogens with zero attached hydrogens (tertiary/aromatic N) is 2. The molecule has 1 atom stereocenters. The first-order chi connectivity index (χ1) is 10.4. The lowest BCUT2D eigenvalue weighted by molar-refractivity contribution is -0.139. The molecule has 5 nitrogen and oxygen atoms in total. The summed E-state index contributed by atoms with van der Waals surface area (Å²) in [5.41, 5.74) is 1.95. The Hall–Kier alpha value is -1.82. The first-order valence-electron chi connectivity index (χ1n) is 7.03. The fourth-order valence-electron chi connectivity index (χ4n) is 2.59. The second-order valence-corrected chi connectivity index (χ2v) is 5.95. The van der Waals surface area contributed by atoms with Crippen LogP contribution in [0, 0.1) is 0 Å². The lowest BCUT2D eigenvalue weighted by Crippen LogP contribution is -2.47. The quantitative estimate of drug-likeness (QED) is 0.770. The van der Waals surface area contributed by atoms with Gasteiger partial charge in [0, 0.05) is 24.3 Å². The number of rotatable bonds is 3. The second-order valence-electron chi connectivity index (χ2n) is 5.10. The molecule has 0 fully saturated rings. The molecule has 0 saturated heterocycles. The Labute approximate surface area is 138 Å². The average Bonchev–Trinajstić information content (AvgIpc) is 2.49. The molecule has 118 valence electrons. The summed E-state index contributed by atoms with van der Waals surface area (Å²) in [6.45, 7) is 3.82. The van der Waals surface area contributed by atoms with Crippen molar-refractivity contribution in [1.82, 2.24) is 9.80 Å². The van der Waals surface area contributed by atoms with Crippen molar-refractivity contribution in [1.29, 1.82) is 0 Å². The minimum absolute atomic E-state index is 0.161. The van der Waals surface area contributed by atoms with Crippen LogP contribution in [0.2, 0.25) is 0 Å². The third-order valence-electron chi connectivity index (χ3n) is 3.84. The molecule has 0 bridgehead atoms. The highest BCUT2D eigenvalue weighted by Crippen LogP contribution is 2.38. The van der Waals surface area contributed by atoms with Gasteiger partial charge >= 0.3 is 12.0 Å². The molecule has 0 aromatic heterocycles. The zero-order chi connectivity index (χ0) is 16.4. The van der Waals surface area contributed by atoms with Crippen LogP contribution in [0.5, 0.6) is 0 Å². The van der Waals surface area contributed by atoms with Gasteiger partial charge in [0.05, 0.1) is 18.2 Å². The Morgan fingerprint density at radius 2 is 1.95 bits per heavy atom. The molecule has 2 amide bonds. The van der Waals surface area contributed by atoms with Gasteiger partial charge in [-0.05, 0) is 25.5 Å². The number of hydrogen-bond acceptors (Lipinski definition) is 3. The molecule has 1 aromatic carbocycles. The normalized spacial score (nSPS) is 18.8. The number of halogens is 1. The Balaban J connectivity index is 2.63. The van der Waals surface area contributed by atoms with Gasteiger partial charge in [0.2, 0.25) is 0 Å². The lowest BCUT2D eigenvalue weighted by Gasteiger charge is -2.39. The van der Waals surface area contributed by atoms with Gasteiger partial charge in [-0.1, -0.05) is 34.1 Å². The van der Waals surface area contributed by atoms with E-state index >= 15 is 0 Å². The first-order valence-corrected chi connectivity index (χ1v) is 7.82. The van der Waals surface area contributed by atoms with Crippen LogP contribution in [0.15, 0.2) is 40.0 Å². The number of allylic oxidation sites excluding steroid dienone is 1. The van der Waals surface area contributed by atoms with Crippen molar-refractivity contribution in [2.75, 3.05) is 20.7 Å². The minimum atomic E-state index is -0.474. The summed E-state index contributed by atoms with van der Waals surface area (Å²) in [7, 11) is 3.35. The average molecular weight is 367 g/mol. The Morgan fingerprint density at radius 3 is 2.55 bits per heavy atom. The van der Waals surface area contributed by atoms with Crippen molar-refractivity contribution < 1.29 is 14.3 Å². The van der Waals surface area contributed by atoms with Crippen LogP contribution in [0.4, 0.5) is 4.79 Å². The summed E-state index contributed by atoms with van der Waals surface area (Å²) in [6.07, 6.45) is 0. The number of urea groups is 1. The molecule has 1 aromatic rings. The van der Waals surface area contributed by atoms with Gasteiger partial charge < -0.3 is 14.5 Å². The van der Waals surface area contributed by atoms with E-state index in [1.54, 1.807) is 32.8 Å². The van der Waals surface area contributed by atoms with Crippen molar-refractivity contribution in [3.8, 4) is 0 Å². The number of hydrogen-bond donors (Lipinski definition) is 0. The molecule has 0 saturated carbocycles.